The first-order valence-corrected chi connectivity index (χ1v) is 7.84. The third kappa shape index (κ3) is 6.45. The molecule has 1 amide bonds. The lowest BCUT2D eigenvalue weighted by atomic mass is 10.0. The predicted molar refractivity (Wildman–Crippen MR) is 96.3 cm³/mol. The van der Waals surface area contributed by atoms with Crippen LogP contribution in [0.3, 0.4) is 0 Å². The van der Waals surface area contributed by atoms with Gasteiger partial charge in [-0.3, -0.25) is 4.79 Å². The van der Waals surface area contributed by atoms with E-state index in [0.717, 1.165) is 6.42 Å². The monoisotopic (exact) mass is 364 g/mol. The maximum absolute atomic E-state index is 12.3. The summed E-state index contributed by atoms with van der Waals surface area (Å²) in [7, 11) is 0. The SMILES string of the molecule is CCCOc1c(Cl)cc(C(=O)NC(C)(C)CN)cc1OCC.Cl. The van der Waals surface area contributed by atoms with E-state index in [-0.39, 0.29) is 18.3 Å². The van der Waals surface area contributed by atoms with Crippen LogP contribution < -0.4 is 20.5 Å². The second-order valence-corrected chi connectivity index (χ2v) is 6.02. The lowest BCUT2D eigenvalue weighted by Gasteiger charge is -2.24. The highest BCUT2D eigenvalue weighted by Gasteiger charge is 2.22. The molecule has 0 saturated carbocycles. The highest BCUT2D eigenvalue weighted by Crippen LogP contribution is 2.36. The molecule has 1 rings (SSSR count). The molecule has 132 valence electrons. The molecule has 1 aromatic rings. The van der Waals surface area contributed by atoms with Crippen LogP contribution in [0.1, 0.15) is 44.5 Å². The summed E-state index contributed by atoms with van der Waals surface area (Å²) in [5, 5.41) is 3.22. The van der Waals surface area contributed by atoms with Crippen molar-refractivity contribution in [1.82, 2.24) is 5.32 Å². The van der Waals surface area contributed by atoms with Gasteiger partial charge in [-0.2, -0.15) is 0 Å². The van der Waals surface area contributed by atoms with Crippen LogP contribution in [0.4, 0.5) is 0 Å². The van der Waals surface area contributed by atoms with Crippen molar-refractivity contribution in [3.8, 4) is 11.5 Å². The number of amides is 1. The number of nitrogens with two attached hydrogens (primary N) is 1. The Morgan fingerprint density at radius 2 is 1.96 bits per heavy atom. The summed E-state index contributed by atoms with van der Waals surface area (Å²) in [6.07, 6.45) is 0.856. The second-order valence-electron chi connectivity index (χ2n) is 5.61. The molecule has 7 heteroatoms. The molecule has 1 aromatic carbocycles. The van der Waals surface area contributed by atoms with Crippen LogP contribution in [0.2, 0.25) is 5.02 Å². The number of carbonyl (C=O) groups excluding carboxylic acids is 1. The van der Waals surface area contributed by atoms with Crippen LogP contribution in [0, 0.1) is 0 Å². The number of ether oxygens (including phenoxy) is 2. The summed E-state index contributed by atoms with van der Waals surface area (Å²) >= 11 is 6.25. The molecular weight excluding hydrogens is 339 g/mol. The molecule has 3 N–H and O–H groups in total. The molecule has 0 aliphatic heterocycles. The van der Waals surface area contributed by atoms with Crippen molar-refractivity contribution >= 4 is 29.9 Å². The van der Waals surface area contributed by atoms with Crippen LogP contribution in [-0.4, -0.2) is 31.2 Å². The first-order valence-electron chi connectivity index (χ1n) is 7.46. The number of nitrogens with one attached hydrogen (secondary N) is 1. The van der Waals surface area contributed by atoms with Crippen molar-refractivity contribution in [3.63, 3.8) is 0 Å². The number of benzene rings is 1. The highest BCUT2D eigenvalue weighted by atomic mass is 35.5. The van der Waals surface area contributed by atoms with Crippen molar-refractivity contribution < 1.29 is 14.3 Å². The Kier molecular flexibility index (Phi) is 9.35. The van der Waals surface area contributed by atoms with Crippen molar-refractivity contribution in [2.75, 3.05) is 19.8 Å². The van der Waals surface area contributed by atoms with Crippen LogP contribution >= 0.6 is 24.0 Å². The molecule has 0 atom stereocenters. The Morgan fingerprint density at radius 1 is 1.30 bits per heavy atom. The van der Waals surface area contributed by atoms with E-state index in [1.54, 1.807) is 12.1 Å². The van der Waals surface area contributed by atoms with E-state index in [9.17, 15) is 4.79 Å². The largest absolute Gasteiger partial charge is 0.490 e. The highest BCUT2D eigenvalue weighted by molar-refractivity contribution is 6.32. The molecule has 0 aromatic heterocycles. The zero-order valence-corrected chi connectivity index (χ0v) is 15.6. The maximum Gasteiger partial charge on any atom is 0.251 e. The third-order valence-corrected chi connectivity index (χ3v) is 3.27. The van der Waals surface area contributed by atoms with Gasteiger partial charge in [0, 0.05) is 17.6 Å². The number of halogens is 2. The van der Waals surface area contributed by atoms with E-state index in [4.69, 9.17) is 26.8 Å². The minimum Gasteiger partial charge on any atom is -0.490 e. The van der Waals surface area contributed by atoms with Gasteiger partial charge < -0.3 is 20.5 Å². The van der Waals surface area contributed by atoms with Gasteiger partial charge in [-0.05, 0) is 39.3 Å². The molecule has 0 saturated heterocycles. The van der Waals surface area contributed by atoms with Gasteiger partial charge in [0.1, 0.15) is 0 Å². The normalized spacial score (nSPS) is 10.7. The van der Waals surface area contributed by atoms with E-state index in [2.05, 4.69) is 5.32 Å². The minimum atomic E-state index is -0.493. The first kappa shape index (κ1) is 21.8. The van der Waals surface area contributed by atoms with Crippen LogP contribution in [0.15, 0.2) is 12.1 Å². The van der Waals surface area contributed by atoms with Crippen molar-refractivity contribution in [2.24, 2.45) is 5.73 Å². The van der Waals surface area contributed by atoms with Crippen LogP contribution in [-0.2, 0) is 0 Å². The van der Waals surface area contributed by atoms with Gasteiger partial charge in [0.25, 0.3) is 5.91 Å². The molecule has 23 heavy (non-hydrogen) atoms. The Labute approximate surface area is 149 Å². The summed E-state index contributed by atoms with van der Waals surface area (Å²) in [5.74, 6) is 0.694. The molecule has 0 fully saturated rings. The quantitative estimate of drug-likeness (QED) is 0.740. The fraction of sp³-hybridized carbons (Fsp3) is 0.562. The Morgan fingerprint density at radius 3 is 2.48 bits per heavy atom. The van der Waals surface area contributed by atoms with E-state index < -0.39 is 5.54 Å². The van der Waals surface area contributed by atoms with Crippen molar-refractivity contribution in [1.29, 1.82) is 0 Å². The van der Waals surface area contributed by atoms with Gasteiger partial charge in [0.2, 0.25) is 0 Å². The zero-order chi connectivity index (χ0) is 16.8. The van der Waals surface area contributed by atoms with Crippen LogP contribution in [0.5, 0.6) is 11.5 Å². The summed E-state index contributed by atoms with van der Waals surface area (Å²) in [6.45, 7) is 8.91. The molecule has 0 spiro atoms. The number of hydrogen-bond donors (Lipinski definition) is 2. The molecule has 0 aliphatic rings. The molecule has 0 unspecified atom stereocenters. The summed E-state index contributed by atoms with van der Waals surface area (Å²) in [6, 6.07) is 3.22. The Balaban J connectivity index is 0.00000484. The predicted octanol–water partition coefficient (Wildman–Crippen LogP) is 3.42. The average molecular weight is 365 g/mol. The van der Waals surface area contributed by atoms with E-state index >= 15 is 0 Å². The topological polar surface area (TPSA) is 73.6 Å². The smallest absolute Gasteiger partial charge is 0.251 e. The standard InChI is InChI=1S/C16H25ClN2O3.ClH/c1-5-7-22-14-12(17)8-11(9-13(14)21-6-2)15(20)19-16(3,4)10-18;/h8-9H,5-7,10,18H2,1-4H3,(H,19,20);1H. The lowest BCUT2D eigenvalue weighted by molar-refractivity contribution is 0.0915. The second kappa shape index (κ2) is 9.85. The Hall–Kier alpha value is -1.17. The van der Waals surface area contributed by atoms with Gasteiger partial charge in [0.15, 0.2) is 11.5 Å². The van der Waals surface area contributed by atoms with Gasteiger partial charge in [0.05, 0.1) is 18.2 Å². The number of rotatable bonds is 8. The van der Waals surface area contributed by atoms with Gasteiger partial charge in [-0.25, -0.2) is 0 Å². The summed E-state index contributed by atoms with van der Waals surface area (Å²) < 4.78 is 11.2. The molecule has 0 bridgehead atoms. The molecular formula is C16H26Cl2N2O3. The fourth-order valence-corrected chi connectivity index (χ4v) is 2.00. The van der Waals surface area contributed by atoms with Crippen molar-refractivity contribution in [2.45, 2.75) is 39.7 Å². The third-order valence-electron chi connectivity index (χ3n) is 2.98. The minimum absolute atomic E-state index is 0. The molecule has 0 aliphatic carbocycles. The molecule has 5 nitrogen and oxygen atoms in total. The van der Waals surface area contributed by atoms with Crippen molar-refractivity contribution in [3.05, 3.63) is 22.7 Å². The van der Waals surface area contributed by atoms with Crippen LogP contribution in [0.25, 0.3) is 0 Å². The molecule has 0 radical (unpaired) electrons. The number of carbonyl (C=O) groups is 1. The van der Waals surface area contributed by atoms with E-state index in [1.165, 1.54) is 0 Å². The fourth-order valence-electron chi connectivity index (χ4n) is 1.74. The van der Waals surface area contributed by atoms with Gasteiger partial charge >= 0.3 is 0 Å². The number of hydrogen-bond acceptors (Lipinski definition) is 4. The van der Waals surface area contributed by atoms with E-state index in [0.29, 0.717) is 41.8 Å². The van der Waals surface area contributed by atoms with Gasteiger partial charge in [-0.1, -0.05) is 18.5 Å². The first-order chi connectivity index (χ1) is 10.3. The summed E-state index contributed by atoms with van der Waals surface area (Å²) in [4.78, 5) is 12.3. The maximum atomic E-state index is 12.3. The summed E-state index contributed by atoms with van der Waals surface area (Å²) in [5.41, 5.74) is 5.56. The zero-order valence-electron chi connectivity index (χ0n) is 14.1. The average Bonchev–Trinajstić information content (AvgIpc) is 2.46. The van der Waals surface area contributed by atoms with E-state index in [1.807, 2.05) is 27.7 Å². The lowest BCUT2D eigenvalue weighted by Crippen LogP contribution is -2.48. The Bertz CT molecular complexity index is 522. The molecule has 0 heterocycles. The van der Waals surface area contributed by atoms with Gasteiger partial charge in [-0.15, -0.1) is 12.4 Å².